The fraction of sp³-hybridized carbons (Fsp3) is 0.286. The Bertz CT molecular complexity index is 532. The number of aromatic nitrogens is 1. The summed E-state index contributed by atoms with van der Waals surface area (Å²) in [7, 11) is -3.55. The van der Waals surface area contributed by atoms with E-state index in [0.717, 1.165) is 16.8 Å². The Kier molecular flexibility index (Phi) is 3.59. The first kappa shape index (κ1) is 13.8. The van der Waals surface area contributed by atoms with Crippen LogP contribution in [0.15, 0.2) is 17.2 Å². The molecule has 0 bridgehead atoms. The van der Waals surface area contributed by atoms with Crippen molar-refractivity contribution in [3.63, 3.8) is 0 Å². The van der Waals surface area contributed by atoms with E-state index in [9.17, 15) is 17.1 Å². The van der Waals surface area contributed by atoms with Crippen molar-refractivity contribution in [2.75, 3.05) is 0 Å². The summed E-state index contributed by atoms with van der Waals surface area (Å²) < 4.78 is 32.6. The van der Waals surface area contributed by atoms with E-state index >= 15 is 0 Å². The minimum Gasteiger partial charge on any atom is -0.347 e. The van der Waals surface area contributed by atoms with Gasteiger partial charge in [-0.25, -0.2) is 0 Å². The third kappa shape index (κ3) is 2.88. The molecule has 0 unspecified atom stereocenters. The van der Waals surface area contributed by atoms with E-state index in [2.05, 4.69) is 0 Å². The maximum atomic E-state index is 12.6. The van der Waals surface area contributed by atoms with Crippen LogP contribution in [0.5, 0.6) is 0 Å². The minimum absolute atomic E-state index is 0.212. The van der Waals surface area contributed by atoms with Crippen LogP contribution < -0.4 is 0 Å². The van der Waals surface area contributed by atoms with Gasteiger partial charge in [-0.2, -0.15) is 8.42 Å². The van der Waals surface area contributed by atoms with E-state index in [-0.39, 0.29) is 5.69 Å². The van der Waals surface area contributed by atoms with Crippen LogP contribution in [0.1, 0.15) is 10.5 Å². The van der Waals surface area contributed by atoms with E-state index in [0.29, 0.717) is 0 Å². The first-order valence-electron chi connectivity index (χ1n) is 3.76. The molecule has 0 aliphatic rings. The van der Waals surface area contributed by atoms with Gasteiger partial charge in [-0.1, -0.05) is 34.8 Å². The van der Waals surface area contributed by atoms with Crippen LogP contribution in [-0.4, -0.2) is 22.6 Å². The highest BCUT2D eigenvalue weighted by Gasteiger charge is 2.34. The second-order valence-corrected chi connectivity index (χ2v) is 6.57. The quantitative estimate of drug-likeness (QED) is 0.478. The Morgan fingerprint density at radius 3 is 2.25 bits per heavy atom. The zero-order valence-electron chi connectivity index (χ0n) is 7.75. The molecule has 0 aliphatic heterocycles. The number of alkyl halides is 3. The molecule has 0 atom stereocenters. The minimum atomic E-state index is -4.89. The number of Topliss-reactive ketones (excluding diaryl/α,β-unsaturated/α-hetero) is 1. The Morgan fingerprint density at radius 1 is 1.44 bits per heavy atom. The highest BCUT2D eigenvalue weighted by atomic mass is 35.6. The lowest BCUT2D eigenvalue weighted by atomic mass is 10.3. The van der Waals surface area contributed by atoms with Gasteiger partial charge >= 0.3 is 10.2 Å². The van der Waals surface area contributed by atoms with Gasteiger partial charge in [0.15, 0.2) is 0 Å². The van der Waals surface area contributed by atoms with Crippen LogP contribution in [0.3, 0.4) is 0 Å². The summed E-state index contributed by atoms with van der Waals surface area (Å²) in [6, 6.07) is 0.805. The van der Waals surface area contributed by atoms with Gasteiger partial charge in [0.2, 0.25) is 5.78 Å². The van der Waals surface area contributed by atoms with E-state index in [1.807, 2.05) is 0 Å². The number of ketones is 1. The van der Waals surface area contributed by atoms with Gasteiger partial charge in [-0.3, -0.25) is 4.79 Å². The summed E-state index contributed by atoms with van der Waals surface area (Å²) in [6.07, 6.45) is 0.916. The number of aryl methyl sites for hydroxylation is 1. The summed E-state index contributed by atoms with van der Waals surface area (Å²) in [4.78, 5) is 10.8. The molecule has 1 aromatic rings. The Hall–Kier alpha value is -0.300. The molecule has 4 nitrogen and oxygen atoms in total. The van der Waals surface area contributed by atoms with Gasteiger partial charge in [0.05, 0.1) is 5.69 Å². The maximum absolute atomic E-state index is 12.6. The standard InChI is InChI=1S/C7H5Cl3FNO3S/c1-12-3-4(16(11,14)15)2-5(12)6(13)7(8,9)10/h2-3H,1H3. The lowest BCUT2D eigenvalue weighted by Crippen LogP contribution is -2.21. The molecule has 0 aliphatic carbocycles. The van der Waals surface area contributed by atoms with Crippen LogP contribution in [0.2, 0.25) is 0 Å². The zero-order valence-corrected chi connectivity index (χ0v) is 10.8. The van der Waals surface area contributed by atoms with Gasteiger partial charge in [0.25, 0.3) is 3.79 Å². The normalized spacial score (nSPS) is 12.8. The maximum Gasteiger partial charge on any atom is 0.333 e. The van der Waals surface area contributed by atoms with Crippen molar-refractivity contribution >= 4 is 50.8 Å². The van der Waals surface area contributed by atoms with E-state index < -0.39 is 24.7 Å². The number of nitrogens with zero attached hydrogens (tertiary/aromatic N) is 1. The fourth-order valence-corrected chi connectivity index (χ4v) is 1.87. The van der Waals surface area contributed by atoms with Crippen molar-refractivity contribution in [1.29, 1.82) is 0 Å². The monoisotopic (exact) mass is 307 g/mol. The molecule has 0 amide bonds. The molecule has 1 aromatic heterocycles. The fourth-order valence-electron chi connectivity index (χ4n) is 1.04. The van der Waals surface area contributed by atoms with E-state index in [4.69, 9.17) is 34.8 Å². The summed E-state index contributed by atoms with van der Waals surface area (Å²) in [5.74, 6) is -0.935. The third-order valence-corrected chi connectivity index (χ3v) is 3.05. The number of carbonyl (C=O) groups excluding carboxylic acids is 1. The van der Waals surface area contributed by atoms with E-state index in [1.165, 1.54) is 7.05 Å². The molecule has 0 spiro atoms. The molecule has 1 heterocycles. The van der Waals surface area contributed by atoms with Gasteiger partial charge in [-0.15, -0.1) is 3.89 Å². The topological polar surface area (TPSA) is 56.1 Å². The summed E-state index contributed by atoms with van der Waals surface area (Å²) >= 11 is 16.0. The Labute approximate surface area is 106 Å². The van der Waals surface area contributed by atoms with Crippen molar-refractivity contribution < 1.29 is 17.1 Å². The molecule has 16 heavy (non-hydrogen) atoms. The Morgan fingerprint density at radius 2 is 1.94 bits per heavy atom. The average molecular weight is 309 g/mol. The second kappa shape index (κ2) is 4.18. The lowest BCUT2D eigenvalue weighted by Gasteiger charge is -2.09. The number of carbonyl (C=O) groups is 1. The molecule has 0 saturated heterocycles. The van der Waals surface area contributed by atoms with Crippen molar-refractivity contribution in [3.05, 3.63) is 18.0 Å². The molecule has 1 rings (SSSR count). The summed E-state index contributed by atoms with van der Waals surface area (Å²) in [6.45, 7) is 0. The molecule has 0 N–H and O–H groups in total. The SMILES string of the molecule is Cn1cc(S(=O)(=O)F)cc1C(=O)C(Cl)(Cl)Cl. The van der Waals surface area contributed by atoms with Crippen molar-refractivity contribution in [3.8, 4) is 0 Å². The molecular formula is C7H5Cl3FNO3S. The number of hydrogen-bond acceptors (Lipinski definition) is 3. The van der Waals surface area contributed by atoms with Gasteiger partial charge in [0, 0.05) is 13.2 Å². The highest BCUT2D eigenvalue weighted by molar-refractivity contribution is 7.86. The zero-order chi connectivity index (χ0) is 12.7. The smallest absolute Gasteiger partial charge is 0.333 e. The average Bonchev–Trinajstić information content (AvgIpc) is 2.43. The van der Waals surface area contributed by atoms with Crippen molar-refractivity contribution in [2.24, 2.45) is 7.05 Å². The molecule has 0 radical (unpaired) electrons. The lowest BCUT2D eigenvalue weighted by molar-refractivity contribution is 0.0988. The first-order valence-corrected chi connectivity index (χ1v) is 6.28. The largest absolute Gasteiger partial charge is 0.347 e. The van der Waals surface area contributed by atoms with Gasteiger partial charge < -0.3 is 4.57 Å². The number of hydrogen-bond donors (Lipinski definition) is 0. The summed E-state index contributed by atoms with van der Waals surface area (Å²) in [5.41, 5.74) is -0.212. The molecule has 0 aromatic carbocycles. The van der Waals surface area contributed by atoms with Gasteiger partial charge in [-0.05, 0) is 6.07 Å². The van der Waals surface area contributed by atoms with Crippen molar-refractivity contribution in [2.45, 2.75) is 8.69 Å². The van der Waals surface area contributed by atoms with Crippen LogP contribution >= 0.6 is 34.8 Å². The molecule has 0 saturated carbocycles. The van der Waals surface area contributed by atoms with Gasteiger partial charge in [0.1, 0.15) is 4.90 Å². The second-order valence-electron chi connectivity index (χ2n) is 2.94. The molecule has 9 heteroatoms. The predicted octanol–water partition coefficient (Wildman–Crippen LogP) is 2.24. The molecule has 90 valence electrons. The van der Waals surface area contributed by atoms with E-state index in [1.54, 1.807) is 0 Å². The molecule has 0 fully saturated rings. The van der Waals surface area contributed by atoms with Crippen LogP contribution in [0.4, 0.5) is 3.89 Å². The third-order valence-electron chi connectivity index (χ3n) is 1.75. The number of rotatable bonds is 2. The Balaban J connectivity index is 3.29. The van der Waals surface area contributed by atoms with Crippen LogP contribution in [0.25, 0.3) is 0 Å². The first-order chi connectivity index (χ1) is 7.03. The highest BCUT2D eigenvalue weighted by Crippen LogP contribution is 2.31. The summed E-state index contributed by atoms with van der Waals surface area (Å²) in [5, 5.41) is 0. The van der Waals surface area contributed by atoms with Crippen LogP contribution in [-0.2, 0) is 17.3 Å². The predicted molar refractivity (Wildman–Crippen MR) is 58.3 cm³/mol. The van der Waals surface area contributed by atoms with Crippen LogP contribution in [0, 0.1) is 0 Å². The number of halogens is 4. The van der Waals surface area contributed by atoms with Crippen molar-refractivity contribution in [1.82, 2.24) is 4.57 Å². The molecular weight excluding hydrogens is 304 g/mol.